The molecule has 10 aromatic carbocycles. The van der Waals surface area contributed by atoms with E-state index < -0.39 is 0 Å². The molecule has 0 atom stereocenters. The molecule has 11 aromatic rings. The molecule has 272 valence electrons. The Kier molecular flexibility index (Phi) is 8.19. The van der Waals surface area contributed by atoms with Gasteiger partial charge in [0.1, 0.15) is 11.2 Å². The summed E-state index contributed by atoms with van der Waals surface area (Å²) in [6.45, 7) is 0. The van der Waals surface area contributed by atoms with Crippen LogP contribution in [0.4, 0.5) is 17.1 Å². The fourth-order valence-electron chi connectivity index (χ4n) is 8.62. The summed E-state index contributed by atoms with van der Waals surface area (Å²) < 4.78 is 6.32. The van der Waals surface area contributed by atoms with Crippen LogP contribution in [0, 0.1) is 0 Å². The normalized spacial score (nSPS) is 11.4. The number of anilines is 3. The van der Waals surface area contributed by atoms with Crippen LogP contribution >= 0.6 is 0 Å². The van der Waals surface area contributed by atoms with E-state index >= 15 is 0 Å². The standard InChI is InChI=1S/C56H37NO/c1-2-12-38(13-3-1)39-24-26-42(27-25-39)49-18-6-8-22-54(49)57(46-16-10-15-43(36-46)44-31-35-53-52-19-7-9-23-55(52)58-56(53)37-44)45-32-28-41(29-33-45)48-20-11-21-50-47-17-5-4-14-40(47)30-34-51(48)50/h1-37H. The van der Waals surface area contributed by atoms with Crippen LogP contribution in [0.15, 0.2) is 229 Å². The third-order valence-electron chi connectivity index (χ3n) is 11.5. The van der Waals surface area contributed by atoms with Crippen molar-refractivity contribution in [3.63, 3.8) is 0 Å². The molecular formula is C56H37NO. The Hall–Kier alpha value is -7.68. The van der Waals surface area contributed by atoms with Crippen molar-refractivity contribution in [2.45, 2.75) is 0 Å². The highest BCUT2D eigenvalue weighted by atomic mass is 16.3. The van der Waals surface area contributed by atoms with Crippen LogP contribution in [0.5, 0.6) is 0 Å². The molecule has 0 unspecified atom stereocenters. The number of hydrogen-bond donors (Lipinski definition) is 0. The molecule has 0 N–H and O–H groups in total. The van der Waals surface area contributed by atoms with Gasteiger partial charge in [-0.25, -0.2) is 0 Å². The van der Waals surface area contributed by atoms with Gasteiger partial charge in [0.25, 0.3) is 0 Å². The van der Waals surface area contributed by atoms with Crippen molar-refractivity contribution < 1.29 is 4.42 Å². The Balaban J connectivity index is 1.04. The van der Waals surface area contributed by atoms with Gasteiger partial charge < -0.3 is 9.32 Å². The lowest BCUT2D eigenvalue weighted by Gasteiger charge is -2.28. The highest BCUT2D eigenvalue weighted by Gasteiger charge is 2.19. The average molecular weight is 740 g/mol. The second kappa shape index (κ2) is 14.1. The van der Waals surface area contributed by atoms with Crippen LogP contribution in [0.1, 0.15) is 0 Å². The lowest BCUT2D eigenvalue weighted by atomic mass is 9.94. The summed E-state index contributed by atoms with van der Waals surface area (Å²) in [7, 11) is 0. The molecule has 1 heterocycles. The summed E-state index contributed by atoms with van der Waals surface area (Å²) in [6.07, 6.45) is 0. The third kappa shape index (κ3) is 5.91. The molecule has 0 radical (unpaired) electrons. The quantitative estimate of drug-likeness (QED) is 0.151. The van der Waals surface area contributed by atoms with Crippen LogP contribution in [-0.4, -0.2) is 0 Å². The summed E-state index contributed by atoms with van der Waals surface area (Å²) in [5.41, 5.74) is 14.4. The summed E-state index contributed by atoms with van der Waals surface area (Å²) in [5, 5.41) is 7.32. The van der Waals surface area contributed by atoms with Gasteiger partial charge in [0, 0.05) is 27.7 Å². The van der Waals surface area contributed by atoms with E-state index in [4.69, 9.17) is 4.42 Å². The van der Waals surface area contributed by atoms with Gasteiger partial charge in [-0.2, -0.15) is 0 Å². The van der Waals surface area contributed by atoms with E-state index in [2.05, 4.69) is 217 Å². The minimum atomic E-state index is 0.891. The van der Waals surface area contributed by atoms with Crippen molar-refractivity contribution in [1.82, 2.24) is 0 Å². The van der Waals surface area contributed by atoms with E-state index in [9.17, 15) is 0 Å². The summed E-state index contributed by atoms with van der Waals surface area (Å²) in [6, 6.07) is 80.7. The third-order valence-corrected chi connectivity index (χ3v) is 11.5. The molecule has 0 fully saturated rings. The first-order valence-corrected chi connectivity index (χ1v) is 19.8. The number of para-hydroxylation sites is 2. The molecule has 11 rings (SSSR count). The van der Waals surface area contributed by atoms with E-state index in [1.807, 2.05) is 12.1 Å². The predicted molar refractivity (Wildman–Crippen MR) is 245 cm³/mol. The molecular weight excluding hydrogens is 703 g/mol. The van der Waals surface area contributed by atoms with E-state index in [1.54, 1.807) is 0 Å². The lowest BCUT2D eigenvalue weighted by Crippen LogP contribution is -2.11. The summed E-state index contributed by atoms with van der Waals surface area (Å²) in [4.78, 5) is 2.39. The number of benzene rings is 10. The largest absolute Gasteiger partial charge is 0.456 e. The molecule has 0 amide bonds. The van der Waals surface area contributed by atoms with Crippen LogP contribution in [0.3, 0.4) is 0 Å². The summed E-state index contributed by atoms with van der Waals surface area (Å²) >= 11 is 0. The lowest BCUT2D eigenvalue weighted by molar-refractivity contribution is 0.669. The highest BCUT2D eigenvalue weighted by Crippen LogP contribution is 2.44. The van der Waals surface area contributed by atoms with Crippen LogP contribution in [0.2, 0.25) is 0 Å². The first kappa shape index (κ1) is 33.6. The van der Waals surface area contributed by atoms with Gasteiger partial charge in [-0.3, -0.25) is 0 Å². The number of nitrogens with zero attached hydrogens (tertiary/aromatic N) is 1. The van der Waals surface area contributed by atoms with Gasteiger partial charge in [-0.15, -0.1) is 0 Å². The molecule has 0 spiro atoms. The first-order chi connectivity index (χ1) is 28.7. The fourth-order valence-corrected chi connectivity index (χ4v) is 8.62. The Bertz CT molecular complexity index is 3270. The molecule has 0 bridgehead atoms. The number of furan rings is 1. The number of hydrogen-bond acceptors (Lipinski definition) is 2. The fraction of sp³-hybridized carbons (Fsp3) is 0. The van der Waals surface area contributed by atoms with E-state index in [0.29, 0.717) is 0 Å². The maximum Gasteiger partial charge on any atom is 0.136 e. The molecule has 0 aliphatic carbocycles. The number of rotatable bonds is 7. The van der Waals surface area contributed by atoms with E-state index in [-0.39, 0.29) is 0 Å². The summed E-state index contributed by atoms with van der Waals surface area (Å²) in [5.74, 6) is 0. The Morgan fingerprint density at radius 3 is 1.72 bits per heavy atom. The molecule has 0 saturated heterocycles. The molecule has 1 aromatic heterocycles. The van der Waals surface area contributed by atoms with Crippen molar-refractivity contribution in [3.05, 3.63) is 224 Å². The second-order valence-electron chi connectivity index (χ2n) is 14.9. The van der Waals surface area contributed by atoms with Crippen LogP contribution in [0.25, 0.3) is 88.0 Å². The molecule has 58 heavy (non-hydrogen) atoms. The second-order valence-corrected chi connectivity index (χ2v) is 14.9. The predicted octanol–water partition coefficient (Wildman–Crippen LogP) is 16.0. The Morgan fingerprint density at radius 1 is 0.276 bits per heavy atom. The van der Waals surface area contributed by atoms with Gasteiger partial charge in [0.05, 0.1) is 5.69 Å². The van der Waals surface area contributed by atoms with Crippen LogP contribution in [-0.2, 0) is 0 Å². The Labute approximate surface area is 337 Å². The first-order valence-electron chi connectivity index (χ1n) is 19.8. The van der Waals surface area contributed by atoms with Gasteiger partial charge >= 0.3 is 0 Å². The molecule has 2 nitrogen and oxygen atoms in total. The molecule has 0 saturated carbocycles. The molecule has 0 aliphatic heterocycles. The molecule has 0 aliphatic rings. The SMILES string of the molecule is c1ccc(-c2ccc(-c3ccccc3N(c3ccc(-c4cccc5c4ccc4ccccc45)cc3)c3cccc(-c4ccc5c(c4)oc4ccccc45)c3)cc2)cc1. The number of fused-ring (bicyclic) bond motifs is 6. The van der Waals surface area contributed by atoms with E-state index in [0.717, 1.165) is 61.3 Å². The van der Waals surface area contributed by atoms with E-state index in [1.165, 1.54) is 43.8 Å². The zero-order valence-electron chi connectivity index (χ0n) is 31.7. The van der Waals surface area contributed by atoms with Gasteiger partial charge in [-0.1, -0.05) is 176 Å². The Morgan fingerprint density at radius 2 is 0.845 bits per heavy atom. The average Bonchev–Trinajstić information content (AvgIpc) is 3.68. The topological polar surface area (TPSA) is 16.4 Å². The van der Waals surface area contributed by atoms with Crippen molar-refractivity contribution in [1.29, 1.82) is 0 Å². The van der Waals surface area contributed by atoms with Crippen molar-refractivity contribution in [2.24, 2.45) is 0 Å². The van der Waals surface area contributed by atoms with Crippen molar-refractivity contribution in [2.75, 3.05) is 4.90 Å². The van der Waals surface area contributed by atoms with Crippen molar-refractivity contribution >= 4 is 60.5 Å². The van der Waals surface area contributed by atoms with Gasteiger partial charge in [-0.05, 0) is 109 Å². The van der Waals surface area contributed by atoms with Crippen LogP contribution < -0.4 is 4.90 Å². The monoisotopic (exact) mass is 739 g/mol. The van der Waals surface area contributed by atoms with Gasteiger partial charge in [0.15, 0.2) is 0 Å². The maximum atomic E-state index is 6.32. The van der Waals surface area contributed by atoms with Crippen molar-refractivity contribution in [3.8, 4) is 44.5 Å². The smallest absolute Gasteiger partial charge is 0.136 e. The highest BCUT2D eigenvalue weighted by molar-refractivity contribution is 6.12. The molecule has 2 heteroatoms. The van der Waals surface area contributed by atoms with Gasteiger partial charge in [0.2, 0.25) is 0 Å². The minimum absolute atomic E-state index is 0.891. The zero-order valence-corrected chi connectivity index (χ0v) is 31.7. The minimum Gasteiger partial charge on any atom is -0.456 e. The zero-order chi connectivity index (χ0) is 38.4. The maximum absolute atomic E-state index is 6.32.